The molecular weight excluding hydrogens is 366 g/mol. The van der Waals surface area contributed by atoms with Gasteiger partial charge in [0.05, 0.1) is 5.56 Å². The first-order valence-corrected chi connectivity index (χ1v) is 8.97. The fraction of sp³-hybridized carbons (Fsp3) is 0.174. The molecule has 0 saturated carbocycles. The fourth-order valence-corrected chi connectivity index (χ4v) is 3.85. The monoisotopic (exact) mass is 381 g/mol. The van der Waals surface area contributed by atoms with Crippen molar-refractivity contribution in [1.82, 2.24) is 0 Å². The average molecular weight is 381 g/mol. The van der Waals surface area contributed by atoms with E-state index in [0.29, 0.717) is 17.5 Å². The van der Waals surface area contributed by atoms with E-state index >= 15 is 4.39 Å². The van der Waals surface area contributed by atoms with Crippen LogP contribution < -0.4 is 0 Å². The molecule has 1 aliphatic carbocycles. The molecule has 1 nitrogen and oxygen atoms in total. The summed E-state index contributed by atoms with van der Waals surface area (Å²) in [5.74, 6) is -4.02. The molecule has 3 aromatic rings. The summed E-state index contributed by atoms with van der Waals surface area (Å²) in [6.07, 6.45) is 2.17. The minimum atomic E-state index is -1.15. The van der Waals surface area contributed by atoms with E-state index < -0.39 is 34.4 Å². The molecular formula is C23H15F4N. The topological polar surface area (TPSA) is 23.8 Å². The SMILES string of the molecule is CCCc1ccc2c(c1)Cc1c-2cc(F)c(-c2cc(F)c(C#N)c(F)c2)c1F. The van der Waals surface area contributed by atoms with Crippen LogP contribution in [-0.4, -0.2) is 0 Å². The third-order valence-corrected chi connectivity index (χ3v) is 5.13. The van der Waals surface area contributed by atoms with Crippen LogP contribution in [0.2, 0.25) is 0 Å². The Bertz CT molecular complexity index is 1140. The van der Waals surface area contributed by atoms with Crippen LogP contribution in [-0.2, 0) is 12.8 Å². The molecule has 0 atom stereocenters. The third-order valence-electron chi connectivity index (χ3n) is 5.13. The molecule has 4 rings (SSSR count). The van der Waals surface area contributed by atoms with Crippen LogP contribution in [0.1, 0.15) is 35.6 Å². The second-order valence-corrected chi connectivity index (χ2v) is 6.92. The Morgan fingerprint density at radius 2 is 1.64 bits per heavy atom. The Balaban J connectivity index is 1.86. The summed E-state index contributed by atoms with van der Waals surface area (Å²) in [5, 5.41) is 8.78. The molecule has 0 aromatic heterocycles. The van der Waals surface area contributed by atoms with Gasteiger partial charge in [-0.25, -0.2) is 17.6 Å². The molecule has 1 aliphatic rings. The molecule has 0 saturated heterocycles. The summed E-state index contributed by atoms with van der Waals surface area (Å²) < 4.78 is 57.9. The smallest absolute Gasteiger partial charge is 0.144 e. The highest BCUT2D eigenvalue weighted by Crippen LogP contribution is 2.43. The van der Waals surface area contributed by atoms with Crippen LogP contribution in [0, 0.1) is 34.6 Å². The van der Waals surface area contributed by atoms with Crippen molar-refractivity contribution in [3.05, 3.63) is 81.9 Å². The van der Waals surface area contributed by atoms with Crippen molar-refractivity contribution in [3.8, 4) is 28.3 Å². The summed E-state index contributed by atoms with van der Waals surface area (Å²) in [6, 6.07) is 10.0. The Morgan fingerprint density at radius 1 is 0.929 bits per heavy atom. The number of fused-ring (bicyclic) bond motifs is 3. The zero-order chi connectivity index (χ0) is 20.0. The van der Waals surface area contributed by atoms with E-state index in [1.807, 2.05) is 18.2 Å². The zero-order valence-electron chi connectivity index (χ0n) is 15.0. The van der Waals surface area contributed by atoms with Crippen molar-refractivity contribution in [3.63, 3.8) is 0 Å². The molecule has 0 radical (unpaired) electrons. The van der Waals surface area contributed by atoms with Crippen molar-refractivity contribution in [2.24, 2.45) is 0 Å². The van der Waals surface area contributed by atoms with Gasteiger partial charge in [0.15, 0.2) is 0 Å². The second kappa shape index (κ2) is 6.79. The molecule has 0 spiro atoms. The molecule has 0 bridgehead atoms. The van der Waals surface area contributed by atoms with Gasteiger partial charge in [0, 0.05) is 12.0 Å². The lowest BCUT2D eigenvalue weighted by Gasteiger charge is -2.11. The number of rotatable bonds is 3. The van der Waals surface area contributed by atoms with Gasteiger partial charge in [-0.15, -0.1) is 0 Å². The lowest BCUT2D eigenvalue weighted by molar-refractivity contribution is 0.571. The van der Waals surface area contributed by atoms with Gasteiger partial charge in [0.1, 0.15) is 34.9 Å². The fourth-order valence-electron chi connectivity index (χ4n) is 3.85. The number of nitriles is 1. The largest absolute Gasteiger partial charge is 0.206 e. The standard InChI is InChI=1S/C23H15F4N/c1-2-3-12-4-5-15-13(6-12)7-17-16(15)10-21(26)22(23(17)27)14-8-19(24)18(11-28)20(25)9-14/h4-6,8-10H,2-3,7H2,1H3. The van der Waals surface area contributed by atoms with Gasteiger partial charge in [0.2, 0.25) is 0 Å². The van der Waals surface area contributed by atoms with Crippen LogP contribution in [0.3, 0.4) is 0 Å². The number of hydrogen-bond acceptors (Lipinski definition) is 1. The van der Waals surface area contributed by atoms with E-state index in [2.05, 4.69) is 6.92 Å². The van der Waals surface area contributed by atoms with Crippen LogP contribution in [0.5, 0.6) is 0 Å². The summed E-state index contributed by atoms with van der Waals surface area (Å²) >= 11 is 0. The van der Waals surface area contributed by atoms with Gasteiger partial charge in [0.25, 0.3) is 0 Å². The highest BCUT2D eigenvalue weighted by molar-refractivity contribution is 5.81. The predicted octanol–water partition coefficient (Wildman–Crippen LogP) is 6.31. The maximum absolute atomic E-state index is 15.2. The molecule has 0 aliphatic heterocycles. The lowest BCUT2D eigenvalue weighted by atomic mass is 9.96. The minimum absolute atomic E-state index is 0.269. The Kier molecular flexibility index (Phi) is 4.43. The van der Waals surface area contributed by atoms with Crippen LogP contribution in [0.4, 0.5) is 17.6 Å². The zero-order valence-corrected chi connectivity index (χ0v) is 15.0. The predicted molar refractivity (Wildman–Crippen MR) is 98.7 cm³/mol. The van der Waals surface area contributed by atoms with Crippen LogP contribution in [0.25, 0.3) is 22.3 Å². The molecule has 0 heterocycles. The quantitative estimate of drug-likeness (QED) is 0.382. The van der Waals surface area contributed by atoms with E-state index in [0.717, 1.165) is 41.7 Å². The molecule has 3 aromatic carbocycles. The van der Waals surface area contributed by atoms with E-state index in [4.69, 9.17) is 5.26 Å². The van der Waals surface area contributed by atoms with Crippen molar-refractivity contribution in [2.75, 3.05) is 0 Å². The maximum Gasteiger partial charge on any atom is 0.144 e. The lowest BCUT2D eigenvalue weighted by Crippen LogP contribution is -1.99. The molecule has 0 fully saturated rings. The summed E-state index contributed by atoms with van der Waals surface area (Å²) in [6.45, 7) is 2.07. The van der Waals surface area contributed by atoms with Gasteiger partial charge in [-0.3, -0.25) is 0 Å². The van der Waals surface area contributed by atoms with Gasteiger partial charge in [-0.2, -0.15) is 5.26 Å². The number of halogens is 4. The maximum atomic E-state index is 15.2. The second-order valence-electron chi connectivity index (χ2n) is 6.92. The Morgan fingerprint density at radius 3 is 2.29 bits per heavy atom. The number of nitrogens with zero attached hydrogens (tertiary/aromatic N) is 1. The van der Waals surface area contributed by atoms with E-state index in [1.165, 1.54) is 12.1 Å². The molecule has 0 unspecified atom stereocenters. The first-order valence-electron chi connectivity index (χ1n) is 8.97. The van der Waals surface area contributed by atoms with Crippen molar-refractivity contribution >= 4 is 0 Å². The average Bonchev–Trinajstić information content (AvgIpc) is 3.00. The van der Waals surface area contributed by atoms with Gasteiger partial charge in [-0.05, 0) is 52.4 Å². The summed E-state index contributed by atoms with van der Waals surface area (Å²) in [7, 11) is 0. The van der Waals surface area contributed by atoms with Gasteiger partial charge < -0.3 is 0 Å². The molecule has 0 N–H and O–H groups in total. The minimum Gasteiger partial charge on any atom is -0.206 e. The molecule has 0 amide bonds. The number of benzene rings is 3. The van der Waals surface area contributed by atoms with E-state index in [9.17, 15) is 13.2 Å². The normalized spacial score (nSPS) is 11.9. The summed E-state index contributed by atoms with van der Waals surface area (Å²) in [4.78, 5) is 0. The van der Waals surface area contributed by atoms with E-state index in [-0.39, 0.29) is 5.56 Å². The van der Waals surface area contributed by atoms with Crippen molar-refractivity contribution in [2.45, 2.75) is 26.2 Å². The molecule has 28 heavy (non-hydrogen) atoms. The van der Waals surface area contributed by atoms with Gasteiger partial charge in [-0.1, -0.05) is 31.5 Å². The third kappa shape index (κ3) is 2.77. The highest BCUT2D eigenvalue weighted by atomic mass is 19.1. The number of hydrogen-bond donors (Lipinski definition) is 0. The summed E-state index contributed by atoms with van der Waals surface area (Å²) in [5.41, 5.74) is 2.06. The highest BCUT2D eigenvalue weighted by Gasteiger charge is 2.27. The first-order chi connectivity index (χ1) is 13.4. The first kappa shape index (κ1) is 18.2. The Hall–Kier alpha value is -3.13. The van der Waals surface area contributed by atoms with Gasteiger partial charge >= 0.3 is 0 Å². The Labute approximate surface area is 159 Å². The van der Waals surface area contributed by atoms with Crippen molar-refractivity contribution < 1.29 is 17.6 Å². The van der Waals surface area contributed by atoms with Crippen LogP contribution >= 0.6 is 0 Å². The number of aryl methyl sites for hydroxylation is 1. The molecule has 140 valence electrons. The van der Waals surface area contributed by atoms with E-state index in [1.54, 1.807) is 0 Å². The molecule has 5 heteroatoms. The van der Waals surface area contributed by atoms with Crippen molar-refractivity contribution in [1.29, 1.82) is 5.26 Å². The van der Waals surface area contributed by atoms with Crippen LogP contribution in [0.15, 0.2) is 36.4 Å².